The van der Waals surface area contributed by atoms with Crippen LogP contribution in [-0.2, 0) is 0 Å². The zero-order valence-corrected chi connectivity index (χ0v) is 12.2. The van der Waals surface area contributed by atoms with Crippen LogP contribution in [0.4, 0.5) is 5.82 Å². The van der Waals surface area contributed by atoms with E-state index >= 15 is 0 Å². The highest BCUT2D eigenvalue weighted by molar-refractivity contribution is 9.10. The molecule has 1 aromatic heterocycles. The molecule has 3 N–H and O–H groups in total. The summed E-state index contributed by atoms with van der Waals surface area (Å²) in [5, 5.41) is 0.450. The highest BCUT2D eigenvalue weighted by atomic mass is 79.9. The fourth-order valence-electron chi connectivity index (χ4n) is 1.38. The maximum Gasteiger partial charge on any atom is 0.268 e. The molecule has 0 fully saturated rings. The first kappa shape index (κ1) is 13.9. The molecule has 0 saturated carbocycles. The Labute approximate surface area is 123 Å². The first-order valence-corrected chi connectivity index (χ1v) is 6.31. The summed E-state index contributed by atoms with van der Waals surface area (Å²) in [5.74, 6) is 6.60. The average Bonchev–Trinajstić information content (AvgIpc) is 2.42. The first-order chi connectivity index (χ1) is 9.15. The van der Waals surface area contributed by atoms with Crippen molar-refractivity contribution in [3.8, 4) is 17.4 Å². The van der Waals surface area contributed by atoms with E-state index in [9.17, 15) is 0 Å². The van der Waals surface area contributed by atoms with Gasteiger partial charge in [0, 0.05) is 4.47 Å². The van der Waals surface area contributed by atoms with Crippen molar-refractivity contribution < 1.29 is 9.47 Å². The summed E-state index contributed by atoms with van der Waals surface area (Å²) in [6.45, 7) is 0. The van der Waals surface area contributed by atoms with Gasteiger partial charge in [0.2, 0.25) is 5.75 Å². The van der Waals surface area contributed by atoms with Crippen molar-refractivity contribution >= 4 is 33.3 Å². The third kappa shape index (κ3) is 3.06. The van der Waals surface area contributed by atoms with Crippen molar-refractivity contribution in [1.82, 2.24) is 9.97 Å². The van der Waals surface area contributed by atoms with Gasteiger partial charge in [-0.1, -0.05) is 27.5 Å². The topological polar surface area (TPSA) is 82.3 Å². The van der Waals surface area contributed by atoms with Crippen molar-refractivity contribution in [1.29, 1.82) is 0 Å². The number of hydrazine groups is 1. The zero-order chi connectivity index (χ0) is 13.8. The van der Waals surface area contributed by atoms with Gasteiger partial charge in [-0.25, -0.2) is 10.8 Å². The van der Waals surface area contributed by atoms with Crippen LogP contribution in [0.3, 0.4) is 0 Å². The van der Waals surface area contributed by atoms with E-state index in [0.29, 0.717) is 22.3 Å². The van der Waals surface area contributed by atoms with Crippen molar-refractivity contribution in [2.24, 2.45) is 5.84 Å². The maximum absolute atomic E-state index is 6.04. The third-order valence-electron chi connectivity index (χ3n) is 2.21. The predicted molar refractivity (Wildman–Crippen MR) is 75.6 cm³/mol. The molecule has 6 nitrogen and oxygen atoms in total. The summed E-state index contributed by atoms with van der Waals surface area (Å²) in [5.41, 5.74) is 2.40. The lowest BCUT2D eigenvalue weighted by molar-refractivity contribution is 0.369. The summed E-state index contributed by atoms with van der Waals surface area (Å²) in [6, 6.07) is 5.23. The summed E-state index contributed by atoms with van der Waals surface area (Å²) in [6.07, 6.45) is 1.30. The lowest BCUT2D eigenvalue weighted by atomic mass is 10.3. The van der Waals surface area contributed by atoms with E-state index in [1.165, 1.54) is 13.4 Å². The molecule has 0 unspecified atom stereocenters. The van der Waals surface area contributed by atoms with E-state index in [-0.39, 0.29) is 5.88 Å². The van der Waals surface area contributed by atoms with Gasteiger partial charge in [-0.2, -0.15) is 4.98 Å². The fraction of sp³-hybridized carbons (Fsp3) is 0.0909. The Kier molecular flexibility index (Phi) is 4.41. The van der Waals surface area contributed by atoms with Gasteiger partial charge in [0.05, 0.1) is 12.1 Å². The molecule has 19 heavy (non-hydrogen) atoms. The fourth-order valence-corrected chi connectivity index (χ4v) is 1.87. The van der Waals surface area contributed by atoms with Gasteiger partial charge in [-0.3, -0.25) is 0 Å². The Morgan fingerprint density at radius 2 is 2.16 bits per heavy atom. The molecule has 1 heterocycles. The van der Waals surface area contributed by atoms with Crippen molar-refractivity contribution in [2.75, 3.05) is 12.5 Å². The molecule has 0 radical (unpaired) electrons. The van der Waals surface area contributed by atoms with Crippen LogP contribution in [0.1, 0.15) is 0 Å². The molecule has 1 aromatic carbocycles. The Morgan fingerprint density at radius 3 is 2.84 bits per heavy atom. The number of nitrogens with zero attached hydrogens (tertiary/aromatic N) is 2. The largest absolute Gasteiger partial charge is 0.489 e. The third-order valence-corrected chi connectivity index (χ3v) is 3.02. The number of benzene rings is 1. The molecular weight excluding hydrogens is 336 g/mol. The molecule has 0 spiro atoms. The smallest absolute Gasteiger partial charge is 0.268 e. The van der Waals surface area contributed by atoms with E-state index in [1.807, 2.05) is 0 Å². The highest BCUT2D eigenvalue weighted by Gasteiger charge is 2.15. The zero-order valence-electron chi connectivity index (χ0n) is 9.85. The second kappa shape index (κ2) is 6.05. The molecule has 0 saturated heterocycles. The highest BCUT2D eigenvalue weighted by Crippen LogP contribution is 2.37. The second-order valence-corrected chi connectivity index (χ2v) is 4.70. The summed E-state index contributed by atoms with van der Waals surface area (Å²) in [4.78, 5) is 7.91. The minimum absolute atomic E-state index is 0.213. The Balaban J connectivity index is 2.40. The van der Waals surface area contributed by atoms with Crippen LogP contribution < -0.4 is 20.7 Å². The molecule has 8 heteroatoms. The van der Waals surface area contributed by atoms with E-state index in [2.05, 4.69) is 31.3 Å². The summed E-state index contributed by atoms with van der Waals surface area (Å²) < 4.78 is 11.6. The summed E-state index contributed by atoms with van der Waals surface area (Å²) in [7, 11) is 1.47. The van der Waals surface area contributed by atoms with Crippen LogP contribution in [0.25, 0.3) is 0 Å². The number of halogens is 2. The molecule has 0 aliphatic carbocycles. The van der Waals surface area contributed by atoms with Crippen LogP contribution in [-0.4, -0.2) is 17.1 Å². The van der Waals surface area contributed by atoms with Gasteiger partial charge in [0.1, 0.15) is 12.1 Å². The van der Waals surface area contributed by atoms with Crippen molar-refractivity contribution in [2.45, 2.75) is 0 Å². The number of hydrogen-bond donors (Lipinski definition) is 2. The minimum Gasteiger partial charge on any atom is -0.489 e. The monoisotopic (exact) mass is 344 g/mol. The lowest BCUT2D eigenvalue weighted by Gasteiger charge is -2.12. The Bertz CT molecular complexity index is 597. The van der Waals surface area contributed by atoms with E-state index in [4.69, 9.17) is 26.9 Å². The van der Waals surface area contributed by atoms with Gasteiger partial charge in [-0.05, 0) is 18.2 Å². The maximum atomic E-state index is 6.04. The van der Waals surface area contributed by atoms with Crippen LogP contribution in [0.2, 0.25) is 5.02 Å². The molecule has 2 aromatic rings. The van der Waals surface area contributed by atoms with Crippen molar-refractivity contribution in [3.63, 3.8) is 0 Å². The van der Waals surface area contributed by atoms with Crippen molar-refractivity contribution in [3.05, 3.63) is 34.0 Å². The van der Waals surface area contributed by atoms with E-state index in [0.717, 1.165) is 4.47 Å². The molecule has 0 amide bonds. The Morgan fingerprint density at radius 1 is 1.37 bits per heavy atom. The standard InChI is InChI=1S/C11H10BrClN4O2/c1-18-9-10(17-14)15-5-16-11(9)19-8-4-6(12)2-3-7(8)13/h2-5H,14H2,1H3,(H,15,16,17). The van der Waals surface area contributed by atoms with Crippen LogP contribution in [0.5, 0.6) is 17.4 Å². The van der Waals surface area contributed by atoms with E-state index in [1.54, 1.807) is 18.2 Å². The Hall–Kier alpha value is -1.57. The average molecular weight is 346 g/mol. The molecule has 100 valence electrons. The summed E-state index contributed by atoms with van der Waals surface area (Å²) >= 11 is 9.38. The second-order valence-electron chi connectivity index (χ2n) is 3.38. The molecule has 0 aliphatic rings. The SMILES string of the molecule is COc1c(NN)ncnc1Oc1cc(Br)ccc1Cl. The molecular formula is C11H10BrClN4O2. The number of ether oxygens (including phenoxy) is 2. The van der Waals surface area contributed by atoms with Gasteiger partial charge >= 0.3 is 0 Å². The number of hydrogen-bond acceptors (Lipinski definition) is 6. The quantitative estimate of drug-likeness (QED) is 0.655. The number of nitrogen functional groups attached to an aromatic ring is 1. The van der Waals surface area contributed by atoms with Gasteiger partial charge in [-0.15, -0.1) is 0 Å². The molecule has 0 atom stereocenters. The van der Waals surface area contributed by atoms with Gasteiger partial charge in [0.15, 0.2) is 5.82 Å². The predicted octanol–water partition coefficient (Wildman–Crippen LogP) is 2.98. The first-order valence-electron chi connectivity index (χ1n) is 5.14. The molecule has 2 rings (SSSR count). The number of rotatable bonds is 4. The normalized spacial score (nSPS) is 10.1. The van der Waals surface area contributed by atoms with Crippen LogP contribution >= 0.6 is 27.5 Å². The molecule has 0 bridgehead atoms. The number of aromatic nitrogens is 2. The van der Waals surface area contributed by atoms with E-state index < -0.39 is 0 Å². The van der Waals surface area contributed by atoms with Crippen LogP contribution in [0.15, 0.2) is 29.0 Å². The molecule has 0 aliphatic heterocycles. The lowest BCUT2D eigenvalue weighted by Crippen LogP contribution is -2.11. The van der Waals surface area contributed by atoms with Gasteiger partial charge < -0.3 is 14.9 Å². The minimum atomic E-state index is 0.213. The van der Waals surface area contributed by atoms with Gasteiger partial charge in [0.25, 0.3) is 5.88 Å². The van der Waals surface area contributed by atoms with Crippen LogP contribution in [0, 0.1) is 0 Å². The number of nitrogens with two attached hydrogens (primary N) is 1. The number of methoxy groups -OCH3 is 1. The number of anilines is 1. The number of nitrogens with one attached hydrogen (secondary N) is 1.